The molecule has 4 rings (SSSR count). The quantitative estimate of drug-likeness (QED) is 0.384. The predicted molar refractivity (Wildman–Crippen MR) is 138 cm³/mol. The van der Waals surface area contributed by atoms with Gasteiger partial charge in [-0.15, -0.1) is 11.3 Å². The number of amides is 2. The number of aryl methyl sites for hydroxylation is 1. The van der Waals surface area contributed by atoms with Crippen LogP contribution in [0.5, 0.6) is 5.75 Å². The number of ether oxygens (including phenoxy) is 2. The van der Waals surface area contributed by atoms with Gasteiger partial charge in [0.15, 0.2) is 0 Å². The number of benzene rings is 2. The lowest BCUT2D eigenvalue weighted by Gasteiger charge is -2.37. The van der Waals surface area contributed by atoms with E-state index < -0.39 is 0 Å². The number of carbonyl (C=O) groups excluding carboxylic acids is 2. The molecule has 2 amide bonds. The summed E-state index contributed by atoms with van der Waals surface area (Å²) in [5.41, 5.74) is 2.75. The lowest BCUT2D eigenvalue weighted by molar-refractivity contribution is -0.135. The molecule has 0 bridgehead atoms. The number of nitrogens with zero attached hydrogens (tertiary/aromatic N) is 2. The van der Waals surface area contributed by atoms with E-state index in [1.54, 1.807) is 29.4 Å². The van der Waals surface area contributed by atoms with Crippen LogP contribution in [-0.4, -0.2) is 61.6 Å². The van der Waals surface area contributed by atoms with Crippen molar-refractivity contribution in [3.63, 3.8) is 0 Å². The summed E-state index contributed by atoms with van der Waals surface area (Å²) < 4.78 is 11.3. The highest BCUT2D eigenvalue weighted by Gasteiger charge is 2.33. The maximum absolute atomic E-state index is 13.6. The van der Waals surface area contributed by atoms with E-state index in [1.165, 1.54) is 4.88 Å². The molecule has 0 fully saturated rings. The molecular formula is C28H32N2O4S. The Morgan fingerprint density at radius 1 is 1.11 bits per heavy atom. The first-order chi connectivity index (χ1) is 17.1. The van der Waals surface area contributed by atoms with Crippen LogP contribution in [0.2, 0.25) is 0 Å². The lowest BCUT2D eigenvalue weighted by atomic mass is 10.00. The second kappa shape index (κ2) is 12.0. The molecule has 0 spiro atoms. The van der Waals surface area contributed by atoms with Gasteiger partial charge in [-0.25, -0.2) is 0 Å². The molecular weight excluding hydrogens is 460 g/mol. The Hall–Kier alpha value is -3.16. The minimum Gasteiger partial charge on any atom is -0.491 e. The first kappa shape index (κ1) is 24.9. The molecule has 0 unspecified atom stereocenters. The van der Waals surface area contributed by atoms with E-state index in [1.807, 2.05) is 60.4 Å². The summed E-state index contributed by atoms with van der Waals surface area (Å²) in [5.74, 6) is 0.573. The first-order valence-corrected chi connectivity index (χ1v) is 12.8. The highest BCUT2D eigenvalue weighted by molar-refractivity contribution is 7.10. The van der Waals surface area contributed by atoms with Gasteiger partial charge in [-0.05, 0) is 61.0 Å². The van der Waals surface area contributed by atoms with Gasteiger partial charge in [0, 0.05) is 37.2 Å². The van der Waals surface area contributed by atoms with Crippen molar-refractivity contribution in [1.29, 1.82) is 0 Å². The van der Waals surface area contributed by atoms with Gasteiger partial charge in [0.1, 0.15) is 18.9 Å². The molecule has 1 aliphatic heterocycles. The summed E-state index contributed by atoms with van der Waals surface area (Å²) in [6.07, 6.45) is 1.48. The molecule has 1 aromatic heterocycles. The third kappa shape index (κ3) is 6.29. The molecule has 7 heteroatoms. The van der Waals surface area contributed by atoms with Crippen LogP contribution in [0, 0.1) is 6.92 Å². The summed E-state index contributed by atoms with van der Waals surface area (Å²) in [4.78, 5) is 31.8. The minimum absolute atomic E-state index is 0.0256. The van der Waals surface area contributed by atoms with Crippen molar-refractivity contribution >= 4 is 23.2 Å². The largest absolute Gasteiger partial charge is 0.491 e. The van der Waals surface area contributed by atoms with Crippen molar-refractivity contribution in [2.45, 2.75) is 25.8 Å². The fourth-order valence-corrected chi connectivity index (χ4v) is 5.36. The second-order valence-corrected chi connectivity index (χ2v) is 9.72. The summed E-state index contributed by atoms with van der Waals surface area (Å²) in [6, 6.07) is 19.1. The van der Waals surface area contributed by atoms with E-state index >= 15 is 0 Å². The van der Waals surface area contributed by atoms with Crippen LogP contribution in [0.1, 0.15) is 38.8 Å². The standard InChI is InChI=1S/C28H32N2O4S/c1-21-8-6-9-22(18-21)28(32)29(14-7-16-33-2)19-27(31)30-15-12-26-24(13-17-35-26)25(30)20-34-23-10-4-3-5-11-23/h3-6,8-11,13,17-18,25H,7,12,14-16,19-20H2,1-2H3/t25-/m0/s1. The number of fused-ring (bicyclic) bond motifs is 1. The van der Waals surface area contributed by atoms with E-state index in [0.717, 1.165) is 23.3 Å². The molecule has 2 heterocycles. The SMILES string of the molecule is COCCCN(CC(=O)N1CCc2sccc2[C@@H]1COc1ccccc1)C(=O)c1cccc(C)c1. The predicted octanol–water partition coefficient (Wildman–Crippen LogP) is 4.74. The van der Waals surface area contributed by atoms with Crippen LogP contribution < -0.4 is 4.74 Å². The number of hydrogen-bond acceptors (Lipinski definition) is 5. The topological polar surface area (TPSA) is 59.1 Å². The van der Waals surface area contributed by atoms with Gasteiger partial charge in [-0.3, -0.25) is 9.59 Å². The molecule has 1 atom stereocenters. The van der Waals surface area contributed by atoms with Crippen molar-refractivity contribution in [3.8, 4) is 5.75 Å². The van der Waals surface area contributed by atoms with Crippen molar-refractivity contribution < 1.29 is 19.1 Å². The molecule has 0 N–H and O–H groups in total. The first-order valence-electron chi connectivity index (χ1n) is 11.9. The van der Waals surface area contributed by atoms with Gasteiger partial charge >= 0.3 is 0 Å². The summed E-state index contributed by atoms with van der Waals surface area (Å²) >= 11 is 1.72. The zero-order valence-electron chi connectivity index (χ0n) is 20.3. The molecule has 3 aromatic rings. The smallest absolute Gasteiger partial charge is 0.254 e. The normalized spacial score (nSPS) is 14.9. The number of para-hydroxylation sites is 1. The average Bonchev–Trinajstić information content (AvgIpc) is 3.36. The third-order valence-corrected chi connectivity index (χ3v) is 7.22. The average molecular weight is 493 g/mol. The summed E-state index contributed by atoms with van der Waals surface area (Å²) in [5, 5.41) is 2.08. The Kier molecular flexibility index (Phi) is 8.55. The molecule has 184 valence electrons. The van der Waals surface area contributed by atoms with Crippen molar-refractivity contribution in [1.82, 2.24) is 9.80 Å². The molecule has 0 saturated carbocycles. The van der Waals surface area contributed by atoms with Gasteiger partial charge in [0.25, 0.3) is 5.91 Å². The molecule has 1 aliphatic rings. The fourth-order valence-electron chi connectivity index (χ4n) is 4.43. The van der Waals surface area contributed by atoms with E-state index in [4.69, 9.17) is 9.47 Å². The van der Waals surface area contributed by atoms with Crippen LogP contribution in [0.4, 0.5) is 0 Å². The van der Waals surface area contributed by atoms with Gasteiger partial charge < -0.3 is 19.3 Å². The molecule has 0 radical (unpaired) electrons. The summed E-state index contributed by atoms with van der Waals surface area (Å²) in [7, 11) is 1.64. The van der Waals surface area contributed by atoms with Gasteiger partial charge in [-0.2, -0.15) is 0 Å². The van der Waals surface area contributed by atoms with Crippen LogP contribution in [0.3, 0.4) is 0 Å². The third-order valence-electron chi connectivity index (χ3n) is 6.22. The molecule has 2 aromatic carbocycles. The van der Waals surface area contributed by atoms with Crippen LogP contribution in [-0.2, 0) is 16.0 Å². The zero-order valence-corrected chi connectivity index (χ0v) is 21.1. The number of carbonyl (C=O) groups is 2. The Balaban J connectivity index is 1.52. The monoisotopic (exact) mass is 492 g/mol. The number of thiophene rings is 1. The van der Waals surface area contributed by atoms with E-state index in [9.17, 15) is 9.59 Å². The Morgan fingerprint density at radius 2 is 1.94 bits per heavy atom. The lowest BCUT2D eigenvalue weighted by Crippen LogP contribution is -2.48. The van der Waals surface area contributed by atoms with Crippen molar-refractivity contribution in [2.75, 3.05) is 40.0 Å². The van der Waals surface area contributed by atoms with E-state index in [2.05, 4.69) is 11.4 Å². The highest BCUT2D eigenvalue weighted by Crippen LogP contribution is 2.34. The summed E-state index contributed by atoms with van der Waals surface area (Å²) in [6.45, 7) is 3.95. The maximum atomic E-state index is 13.6. The second-order valence-electron chi connectivity index (χ2n) is 8.72. The highest BCUT2D eigenvalue weighted by atomic mass is 32.1. The van der Waals surface area contributed by atoms with Crippen molar-refractivity contribution in [3.05, 3.63) is 87.6 Å². The fraction of sp³-hybridized carbons (Fsp3) is 0.357. The molecule has 6 nitrogen and oxygen atoms in total. The number of hydrogen-bond donors (Lipinski definition) is 0. The molecule has 0 saturated heterocycles. The van der Waals surface area contributed by atoms with Gasteiger partial charge in [-0.1, -0.05) is 35.9 Å². The van der Waals surface area contributed by atoms with Gasteiger partial charge in [0.2, 0.25) is 5.91 Å². The van der Waals surface area contributed by atoms with Crippen molar-refractivity contribution in [2.24, 2.45) is 0 Å². The Labute approximate surface area is 211 Å². The van der Waals surface area contributed by atoms with Crippen LogP contribution >= 0.6 is 11.3 Å². The minimum atomic E-state index is -0.187. The molecule has 0 aliphatic carbocycles. The zero-order chi connectivity index (χ0) is 24.6. The van der Waals surface area contributed by atoms with Crippen LogP contribution in [0.15, 0.2) is 66.0 Å². The van der Waals surface area contributed by atoms with Crippen LogP contribution in [0.25, 0.3) is 0 Å². The number of methoxy groups -OCH3 is 1. The van der Waals surface area contributed by atoms with Gasteiger partial charge in [0.05, 0.1) is 6.04 Å². The number of rotatable bonds is 10. The van der Waals surface area contributed by atoms with E-state index in [0.29, 0.717) is 38.3 Å². The van der Waals surface area contributed by atoms with E-state index in [-0.39, 0.29) is 24.4 Å². The Morgan fingerprint density at radius 3 is 2.71 bits per heavy atom. The maximum Gasteiger partial charge on any atom is 0.254 e. The molecule has 35 heavy (non-hydrogen) atoms. The Bertz CT molecular complexity index is 1130.